The summed E-state index contributed by atoms with van der Waals surface area (Å²) in [5, 5.41) is 3.28. The van der Waals surface area contributed by atoms with Crippen LogP contribution in [0.3, 0.4) is 0 Å². The topological polar surface area (TPSA) is 58.2 Å². The van der Waals surface area contributed by atoms with Crippen LogP contribution in [0, 0.1) is 5.92 Å². The zero-order valence-corrected chi connectivity index (χ0v) is 13.0. The first-order valence-electron chi connectivity index (χ1n) is 7.29. The summed E-state index contributed by atoms with van der Waals surface area (Å²) in [5.41, 5.74) is 1.18. The van der Waals surface area contributed by atoms with E-state index in [0.717, 1.165) is 25.8 Å². The third-order valence-corrected chi connectivity index (χ3v) is 5.00. The smallest absolute Gasteiger partial charge is 0.240 e. The average molecular weight is 296 g/mol. The molecular weight excluding hydrogens is 272 g/mol. The first kappa shape index (κ1) is 15.5. The average Bonchev–Trinajstić information content (AvgIpc) is 2.89. The second-order valence-electron chi connectivity index (χ2n) is 5.89. The highest BCUT2D eigenvalue weighted by Crippen LogP contribution is 2.14. The first-order valence-corrected chi connectivity index (χ1v) is 8.77. The Balaban J connectivity index is 1.97. The summed E-state index contributed by atoms with van der Waals surface area (Å²) in [7, 11) is -3.38. The fourth-order valence-corrected chi connectivity index (χ4v) is 3.58. The Hall–Kier alpha value is -0.910. The Morgan fingerprint density at radius 2 is 2.00 bits per heavy atom. The second kappa shape index (κ2) is 6.70. The highest BCUT2D eigenvalue weighted by Gasteiger charge is 2.19. The van der Waals surface area contributed by atoms with Crippen molar-refractivity contribution in [3.8, 4) is 0 Å². The number of sulfonamides is 1. The molecule has 1 fully saturated rings. The van der Waals surface area contributed by atoms with Gasteiger partial charge in [0, 0.05) is 12.6 Å². The summed E-state index contributed by atoms with van der Waals surface area (Å²) >= 11 is 0. The summed E-state index contributed by atoms with van der Waals surface area (Å²) < 4.78 is 27.1. The fraction of sp³-hybridized carbons (Fsp3) is 0.600. The molecule has 1 atom stereocenters. The van der Waals surface area contributed by atoms with Gasteiger partial charge in [0.05, 0.1) is 4.90 Å². The zero-order valence-electron chi connectivity index (χ0n) is 12.2. The molecular formula is C15H24N2O2S. The Morgan fingerprint density at radius 3 is 2.55 bits per heavy atom. The van der Waals surface area contributed by atoms with Crippen LogP contribution in [0.4, 0.5) is 0 Å². The lowest BCUT2D eigenvalue weighted by Gasteiger charge is -2.12. The second-order valence-corrected chi connectivity index (χ2v) is 7.65. The van der Waals surface area contributed by atoms with Gasteiger partial charge in [-0.3, -0.25) is 0 Å². The van der Waals surface area contributed by atoms with Gasteiger partial charge in [-0.15, -0.1) is 0 Å². The molecule has 20 heavy (non-hydrogen) atoms. The van der Waals surface area contributed by atoms with Gasteiger partial charge in [0.25, 0.3) is 0 Å². The van der Waals surface area contributed by atoms with E-state index >= 15 is 0 Å². The van der Waals surface area contributed by atoms with Crippen molar-refractivity contribution >= 4 is 10.0 Å². The molecule has 1 saturated heterocycles. The molecule has 1 aliphatic rings. The standard InChI is InChI=1S/C15H24N2O2S/c1-12(2)10-13-5-7-15(8-6-13)20(18,19)17-11-14-4-3-9-16-14/h5-8,12,14,16-17H,3-4,9-11H2,1-2H3. The lowest BCUT2D eigenvalue weighted by molar-refractivity contribution is 0.551. The van der Waals surface area contributed by atoms with E-state index in [1.807, 2.05) is 12.1 Å². The molecule has 4 nitrogen and oxygen atoms in total. The van der Waals surface area contributed by atoms with E-state index in [1.165, 1.54) is 5.56 Å². The molecule has 112 valence electrons. The van der Waals surface area contributed by atoms with Crippen LogP contribution >= 0.6 is 0 Å². The molecule has 5 heteroatoms. The largest absolute Gasteiger partial charge is 0.313 e. The van der Waals surface area contributed by atoms with E-state index in [2.05, 4.69) is 23.9 Å². The monoisotopic (exact) mass is 296 g/mol. The number of benzene rings is 1. The molecule has 0 saturated carbocycles. The van der Waals surface area contributed by atoms with Crippen LogP contribution in [0.5, 0.6) is 0 Å². The van der Waals surface area contributed by atoms with Crippen LogP contribution in [0.2, 0.25) is 0 Å². The Bertz CT molecular complexity index is 517. The first-order chi connectivity index (χ1) is 9.47. The summed E-state index contributed by atoms with van der Waals surface area (Å²) in [6.45, 7) is 5.76. The van der Waals surface area contributed by atoms with Crippen molar-refractivity contribution in [2.75, 3.05) is 13.1 Å². The van der Waals surface area contributed by atoms with Gasteiger partial charge in [0.1, 0.15) is 0 Å². The van der Waals surface area contributed by atoms with Gasteiger partial charge in [-0.2, -0.15) is 0 Å². The van der Waals surface area contributed by atoms with E-state index in [1.54, 1.807) is 12.1 Å². The molecule has 0 amide bonds. The van der Waals surface area contributed by atoms with Crippen molar-refractivity contribution in [2.24, 2.45) is 5.92 Å². The molecule has 2 N–H and O–H groups in total. The minimum Gasteiger partial charge on any atom is -0.313 e. The van der Waals surface area contributed by atoms with Gasteiger partial charge in [0.2, 0.25) is 10.0 Å². The molecule has 1 aliphatic heterocycles. The van der Waals surface area contributed by atoms with Crippen LogP contribution in [-0.4, -0.2) is 27.5 Å². The molecule has 1 aromatic carbocycles. The molecule has 1 heterocycles. The molecule has 0 spiro atoms. The summed E-state index contributed by atoms with van der Waals surface area (Å²) in [6.07, 6.45) is 3.13. The Kier molecular flexibility index (Phi) is 5.18. The fourth-order valence-electron chi connectivity index (χ4n) is 2.50. The quantitative estimate of drug-likeness (QED) is 0.843. The lowest BCUT2D eigenvalue weighted by Crippen LogP contribution is -2.37. The highest BCUT2D eigenvalue weighted by atomic mass is 32.2. The van der Waals surface area contributed by atoms with Crippen LogP contribution < -0.4 is 10.0 Å². The number of hydrogen-bond acceptors (Lipinski definition) is 3. The maximum Gasteiger partial charge on any atom is 0.240 e. The van der Waals surface area contributed by atoms with Gasteiger partial charge in [-0.1, -0.05) is 26.0 Å². The van der Waals surface area contributed by atoms with Crippen LogP contribution in [-0.2, 0) is 16.4 Å². The highest BCUT2D eigenvalue weighted by molar-refractivity contribution is 7.89. The van der Waals surface area contributed by atoms with Crippen molar-refractivity contribution in [1.29, 1.82) is 0 Å². The molecule has 2 rings (SSSR count). The lowest BCUT2D eigenvalue weighted by atomic mass is 10.0. The number of rotatable bonds is 6. The summed E-state index contributed by atoms with van der Waals surface area (Å²) in [4.78, 5) is 0.350. The third kappa shape index (κ3) is 4.30. The maximum atomic E-state index is 12.2. The van der Waals surface area contributed by atoms with Crippen LogP contribution in [0.1, 0.15) is 32.3 Å². The van der Waals surface area contributed by atoms with Crippen molar-refractivity contribution in [3.05, 3.63) is 29.8 Å². The maximum absolute atomic E-state index is 12.2. The molecule has 1 aromatic rings. The predicted octanol–water partition coefficient (Wildman–Crippen LogP) is 1.92. The van der Waals surface area contributed by atoms with E-state index in [0.29, 0.717) is 17.4 Å². The third-order valence-electron chi connectivity index (χ3n) is 3.56. The minimum absolute atomic E-state index is 0.269. The normalized spacial score (nSPS) is 19.6. The van der Waals surface area contributed by atoms with Gasteiger partial charge >= 0.3 is 0 Å². The zero-order chi connectivity index (χ0) is 14.6. The molecule has 0 radical (unpaired) electrons. The Morgan fingerprint density at radius 1 is 1.30 bits per heavy atom. The van der Waals surface area contributed by atoms with E-state index in [-0.39, 0.29) is 6.04 Å². The number of hydrogen-bond donors (Lipinski definition) is 2. The summed E-state index contributed by atoms with van der Waals surface area (Å²) in [6, 6.07) is 7.47. The minimum atomic E-state index is -3.38. The van der Waals surface area contributed by atoms with Crippen molar-refractivity contribution in [1.82, 2.24) is 10.0 Å². The summed E-state index contributed by atoms with van der Waals surface area (Å²) in [5.74, 6) is 0.573. The molecule has 1 unspecified atom stereocenters. The van der Waals surface area contributed by atoms with E-state index < -0.39 is 10.0 Å². The molecule has 0 bridgehead atoms. The van der Waals surface area contributed by atoms with Gasteiger partial charge in [-0.05, 0) is 49.4 Å². The van der Waals surface area contributed by atoms with Crippen molar-refractivity contribution < 1.29 is 8.42 Å². The van der Waals surface area contributed by atoms with E-state index in [4.69, 9.17) is 0 Å². The van der Waals surface area contributed by atoms with Gasteiger partial charge in [-0.25, -0.2) is 13.1 Å². The van der Waals surface area contributed by atoms with Gasteiger partial charge < -0.3 is 5.32 Å². The molecule has 0 aliphatic carbocycles. The number of nitrogens with one attached hydrogen (secondary N) is 2. The predicted molar refractivity (Wildman–Crippen MR) is 81.2 cm³/mol. The SMILES string of the molecule is CC(C)Cc1ccc(S(=O)(=O)NCC2CCCN2)cc1. The van der Waals surface area contributed by atoms with Crippen molar-refractivity contribution in [3.63, 3.8) is 0 Å². The van der Waals surface area contributed by atoms with Gasteiger partial charge in [0.15, 0.2) is 0 Å². The van der Waals surface area contributed by atoms with Crippen molar-refractivity contribution in [2.45, 2.75) is 44.0 Å². The van der Waals surface area contributed by atoms with Crippen LogP contribution in [0.25, 0.3) is 0 Å². The Labute approximate surface area is 122 Å². The van der Waals surface area contributed by atoms with Crippen LogP contribution in [0.15, 0.2) is 29.2 Å². The van der Waals surface area contributed by atoms with E-state index in [9.17, 15) is 8.42 Å². The molecule has 0 aromatic heterocycles.